The monoisotopic (exact) mass is 326 g/mol. The van der Waals surface area contributed by atoms with Crippen molar-refractivity contribution in [2.24, 2.45) is 0 Å². The fourth-order valence-electron chi connectivity index (χ4n) is 2.79. The molecular weight excluding hydrogens is 312 g/mol. The number of hydrogen-bond donors (Lipinski definition) is 0. The molecule has 0 bridgehead atoms. The van der Waals surface area contributed by atoms with Gasteiger partial charge in [0, 0.05) is 13.5 Å². The van der Waals surface area contributed by atoms with Crippen molar-refractivity contribution in [2.75, 3.05) is 11.9 Å². The molecule has 0 N–H and O–H groups in total. The van der Waals surface area contributed by atoms with E-state index in [0.717, 1.165) is 5.56 Å². The number of rotatable bonds is 2. The smallest absolute Gasteiger partial charge is 0.274 e. The van der Waals surface area contributed by atoms with Gasteiger partial charge in [0.2, 0.25) is 5.95 Å². The Balaban J connectivity index is 1.89. The third-order valence-corrected chi connectivity index (χ3v) is 5.68. The maximum atomic E-state index is 13.0. The molecule has 0 saturated carbocycles. The molecule has 2 aromatic carbocycles. The number of benzene rings is 2. The lowest BCUT2D eigenvalue weighted by Crippen LogP contribution is -2.29. The Hall–Kier alpha value is -2.67. The molecule has 0 saturated heterocycles. The van der Waals surface area contributed by atoms with Crippen LogP contribution in [0.4, 0.5) is 11.6 Å². The molecule has 1 aliphatic heterocycles. The van der Waals surface area contributed by atoms with Crippen LogP contribution in [0.2, 0.25) is 0 Å². The highest BCUT2D eigenvalue weighted by Crippen LogP contribution is 2.37. The highest BCUT2D eigenvalue weighted by Gasteiger charge is 2.35. The predicted molar refractivity (Wildman–Crippen MR) is 86.4 cm³/mol. The molecule has 0 aliphatic carbocycles. The number of nitrogens with zero attached hydrogens (tertiary/aromatic N) is 4. The van der Waals surface area contributed by atoms with E-state index < -0.39 is 10.0 Å². The highest BCUT2D eigenvalue weighted by atomic mass is 32.2. The topological polar surface area (TPSA) is 68.1 Å². The first-order chi connectivity index (χ1) is 11.1. The first-order valence-corrected chi connectivity index (χ1v) is 8.59. The van der Waals surface area contributed by atoms with E-state index in [1.165, 1.54) is 3.97 Å². The van der Waals surface area contributed by atoms with Gasteiger partial charge in [0.1, 0.15) is 4.90 Å². The van der Waals surface area contributed by atoms with E-state index in [9.17, 15) is 8.42 Å². The van der Waals surface area contributed by atoms with Crippen LogP contribution in [0.15, 0.2) is 59.5 Å². The molecule has 23 heavy (non-hydrogen) atoms. The zero-order valence-corrected chi connectivity index (χ0v) is 13.2. The highest BCUT2D eigenvalue weighted by molar-refractivity contribution is 7.90. The summed E-state index contributed by atoms with van der Waals surface area (Å²) in [6, 6.07) is 16.5. The molecule has 2 heterocycles. The first kappa shape index (κ1) is 14.0. The molecule has 1 aromatic heterocycles. The summed E-state index contributed by atoms with van der Waals surface area (Å²) in [5.74, 6) is 0.724. The fourth-order valence-corrected chi connectivity index (χ4v) is 4.46. The Morgan fingerprint density at radius 3 is 2.43 bits per heavy atom. The average molecular weight is 326 g/mol. The number of fused-ring (bicyclic) bond motifs is 2. The van der Waals surface area contributed by atoms with Crippen molar-refractivity contribution in [2.45, 2.75) is 11.3 Å². The van der Waals surface area contributed by atoms with E-state index >= 15 is 0 Å². The molecule has 0 radical (unpaired) electrons. The molecule has 0 atom stereocenters. The summed E-state index contributed by atoms with van der Waals surface area (Å²) in [5.41, 5.74) is 1.60. The van der Waals surface area contributed by atoms with Gasteiger partial charge in [0.05, 0.1) is 5.69 Å². The van der Waals surface area contributed by atoms with Gasteiger partial charge in [0.25, 0.3) is 10.0 Å². The molecule has 0 fully saturated rings. The van der Waals surface area contributed by atoms with E-state index in [-0.39, 0.29) is 4.90 Å². The van der Waals surface area contributed by atoms with Gasteiger partial charge < -0.3 is 4.90 Å². The molecule has 3 aromatic rings. The summed E-state index contributed by atoms with van der Waals surface area (Å²) >= 11 is 0. The number of hydrogen-bond acceptors (Lipinski definition) is 5. The Morgan fingerprint density at radius 2 is 1.65 bits per heavy atom. The van der Waals surface area contributed by atoms with Crippen molar-refractivity contribution in [3.8, 4) is 0 Å². The van der Waals surface area contributed by atoms with Gasteiger partial charge in [-0.1, -0.05) is 42.5 Å². The zero-order valence-electron chi connectivity index (χ0n) is 12.4. The quantitative estimate of drug-likeness (QED) is 0.722. The van der Waals surface area contributed by atoms with Gasteiger partial charge in [-0.2, -0.15) is 3.97 Å². The molecular formula is C16H14N4O2S. The van der Waals surface area contributed by atoms with Crippen molar-refractivity contribution in [3.05, 3.63) is 66.0 Å². The Bertz CT molecular complexity index is 980. The van der Waals surface area contributed by atoms with Crippen LogP contribution in [0.1, 0.15) is 11.4 Å². The van der Waals surface area contributed by atoms with Gasteiger partial charge in [0.15, 0.2) is 5.82 Å². The van der Waals surface area contributed by atoms with Crippen LogP contribution >= 0.6 is 0 Å². The lowest BCUT2D eigenvalue weighted by molar-refractivity contribution is 0.582. The number of para-hydroxylation sites is 1. The van der Waals surface area contributed by atoms with E-state index in [1.807, 2.05) is 36.4 Å². The summed E-state index contributed by atoms with van der Waals surface area (Å²) in [6.07, 6.45) is 0.406. The summed E-state index contributed by atoms with van der Waals surface area (Å²) in [5, 5.41) is 8.20. The van der Waals surface area contributed by atoms with Crippen LogP contribution < -0.4 is 4.90 Å². The van der Waals surface area contributed by atoms with Gasteiger partial charge in [-0.15, -0.1) is 10.2 Å². The number of anilines is 2. The van der Waals surface area contributed by atoms with Crippen LogP contribution in [0, 0.1) is 0 Å². The standard InChI is InChI=1S/C16H14N4O2S/c1-19-13-9-5-6-10-14(13)23(21,22)20-15(17-18-16(19)20)11-12-7-3-2-4-8-12/h2-10H,11H2,1H3. The van der Waals surface area contributed by atoms with E-state index in [0.29, 0.717) is 23.9 Å². The van der Waals surface area contributed by atoms with Crippen molar-refractivity contribution in [1.29, 1.82) is 0 Å². The van der Waals surface area contributed by atoms with E-state index in [1.54, 1.807) is 30.1 Å². The molecule has 0 spiro atoms. The third kappa shape index (κ3) is 2.04. The molecule has 6 nitrogen and oxygen atoms in total. The van der Waals surface area contributed by atoms with Crippen molar-refractivity contribution >= 4 is 21.7 Å². The van der Waals surface area contributed by atoms with Crippen LogP contribution in [0.5, 0.6) is 0 Å². The van der Waals surface area contributed by atoms with Crippen LogP contribution in [-0.2, 0) is 16.4 Å². The second-order valence-corrected chi connectivity index (χ2v) is 7.13. The van der Waals surface area contributed by atoms with Gasteiger partial charge in [-0.3, -0.25) is 0 Å². The maximum Gasteiger partial charge on any atom is 0.274 e. The van der Waals surface area contributed by atoms with Crippen molar-refractivity contribution in [1.82, 2.24) is 14.2 Å². The Labute approximate surface area is 134 Å². The van der Waals surface area contributed by atoms with Crippen molar-refractivity contribution in [3.63, 3.8) is 0 Å². The lowest BCUT2D eigenvalue weighted by Gasteiger charge is -2.27. The SMILES string of the molecule is CN1c2ccccc2S(=O)(=O)n2c(Cc3ccccc3)nnc21. The van der Waals surface area contributed by atoms with Gasteiger partial charge in [-0.25, -0.2) is 8.42 Å². The Kier molecular flexibility index (Phi) is 2.99. The summed E-state index contributed by atoms with van der Waals surface area (Å²) in [7, 11) is -1.90. The Morgan fingerprint density at radius 1 is 0.957 bits per heavy atom. The fraction of sp³-hybridized carbons (Fsp3) is 0.125. The molecule has 1 aliphatic rings. The molecule has 4 rings (SSSR count). The molecule has 0 amide bonds. The van der Waals surface area contributed by atoms with Gasteiger partial charge >= 0.3 is 0 Å². The van der Waals surface area contributed by atoms with Crippen LogP contribution in [0.3, 0.4) is 0 Å². The predicted octanol–water partition coefficient (Wildman–Crippen LogP) is 2.19. The van der Waals surface area contributed by atoms with E-state index in [4.69, 9.17) is 0 Å². The minimum absolute atomic E-state index is 0.268. The van der Waals surface area contributed by atoms with Crippen LogP contribution in [-0.4, -0.2) is 29.6 Å². The largest absolute Gasteiger partial charge is 0.311 e. The molecule has 7 heteroatoms. The first-order valence-electron chi connectivity index (χ1n) is 7.15. The van der Waals surface area contributed by atoms with Crippen LogP contribution in [0.25, 0.3) is 0 Å². The minimum Gasteiger partial charge on any atom is -0.311 e. The minimum atomic E-state index is -3.69. The normalized spacial score (nSPS) is 15.1. The summed E-state index contributed by atoms with van der Waals surface area (Å²) in [4.78, 5) is 2.02. The number of aromatic nitrogens is 3. The van der Waals surface area contributed by atoms with E-state index in [2.05, 4.69) is 10.2 Å². The average Bonchev–Trinajstić information content (AvgIpc) is 2.99. The molecule has 0 unspecified atom stereocenters. The third-order valence-electron chi connectivity index (χ3n) is 3.92. The summed E-state index contributed by atoms with van der Waals surface area (Å²) < 4.78 is 27.2. The zero-order chi connectivity index (χ0) is 16.0. The summed E-state index contributed by atoms with van der Waals surface area (Å²) in [6.45, 7) is 0. The van der Waals surface area contributed by atoms with Crippen molar-refractivity contribution < 1.29 is 8.42 Å². The second-order valence-electron chi connectivity index (χ2n) is 5.37. The second kappa shape index (κ2) is 4.92. The lowest BCUT2D eigenvalue weighted by atomic mass is 10.1. The van der Waals surface area contributed by atoms with Gasteiger partial charge in [-0.05, 0) is 17.7 Å². The maximum absolute atomic E-state index is 13.0. The molecule has 116 valence electrons.